The Morgan fingerprint density at radius 3 is 2.12 bits per heavy atom. The average molecular weight is 370 g/mol. The highest BCUT2D eigenvalue weighted by Gasteiger charge is 2.27. The maximum atomic E-state index is 12.8. The first-order valence-corrected chi connectivity index (χ1v) is 9.41. The topological polar surface area (TPSA) is 49.4 Å². The lowest BCUT2D eigenvalue weighted by Gasteiger charge is -2.20. The van der Waals surface area contributed by atoms with Crippen molar-refractivity contribution in [1.29, 1.82) is 0 Å². The van der Waals surface area contributed by atoms with Gasteiger partial charge < -0.3 is 5.32 Å². The number of thioether (sulfide) groups is 1. The molecule has 0 saturated carbocycles. The smallest absolute Gasteiger partial charge is 0.238 e. The van der Waals surface area contributed by atoms with Crippen molar-refractivity contribution in [3.63, 3.8) is 0 Å². The van der Waals surface area contributed by atoms with Gasteiger partial charge in [0, 0.05) is 13.1 Å². The van der Waals surface area contributed by atoms with E-state index >= 15 is 0 Å². The molecule has 1 heterocycles. The lowest BCUT2D eigenvalue weighted by molar-refractivity contribution is -0.125. The van der Waals surface area contributed by atoms with Crippen LogP contribution in [0.25, 0.3) is 0 Å². The van der Waals surface area contributed by atoms with Crippen LogP contribution < -0.4 is 5.32 Å². The van der Waals surface area contributed by atoms with Gasteiger partial charge in [0.1, 0.15) is 4.32 Å². The summed E-state index contributed by atoms with van der Waals surface area (Å²) in [7, 11) is 0. The summed E-state index contributed by atoms with van der Waals surface area (Å²) in [6.07, 6.45) is 0. The molecule has 2 aromatic carbocycles. The first-order valence-electron chi connectivity index (χ1n) is 8.01. The highest BCUT2D eigenvalue weighted by molar-refractivity contribution is 8.23. The van der Waals surface area contributed by atoms with Gasteiger partial charge in [-0.05, 0) is 11.1 Å². The van der Waals surface area contributed by atoms with Crippen LogP contribution in [-0.4, -0.2) is 39.9 Å². The predicted molar refractivity (Wildman–Crippen MR) is 105 cm³/mol. The molecule has 0 unspecified atom stereocenters. The van der Waals surface area contributed by atoms with Crippen LogP contribution in [0.2, 0.25) is 0 Å². The first-order chi connectivity index (χ1) is 12.2. The monoisotopic (exact) mass is 370 g/mol. The molecule has 6 heteroatoms. The molecular weight excluding hydrogens is 352 g/mol. The molecule has 0 aromatic heterocycles. The largest absolute Gasteiger partial charge is 0.353 e. The van der Waals surface area contributed by atoms with Crippen molar-refractivity contribution in [2.24, 2.45) is 0 Å². The fourth-order valence-electron chi connectivity index (χ4n) is 2.78. The molecule has 128 valence electrons. The van der Waals surface area contributed by atoms with Crippen molar-refractivity contribution in [3.8, 4) is 0 Å². The SMILES string of the molecule is O=C(NCCN1C(=O)CSC1=S)C(c1ccccc1)c1ccccc1. The number of benzene rings is 2. The van der Waals surface area contributed by atoms with Gasteiger partial charge in [0.2, 0.25) is 11.8 Å². The Morgan fingerprint density at radius 1 is 1.08 bits per heavy atom. The van der Waals surface area contributed by atoms with Crippen molar-refractivity contribution in [2.75, 3.05) is 18.8 Å². The molecule has 0 spiro atoms. The Morgan fingerprint density at radius 2 is 1.64 bits per heavy atom. The number of carbonyl (C=O) groups is 2. The number of rotatable bonds is 6. The van der Waals surface area contributed by atoms with Crippen LogP contribution in [-0.2, 0) is 9.59 Å². The number of hydrogen-bond donors (Lipinski definition) is 1. The molecule has 1 N–H and O–H groups in total. The number of hydrogen-bond acceptors (Lipinski definition) is 4. The molecule has 2 aromatic rings. The van der Waals surface area contributed by atoms with Crippen molar-refractivity contribution < 1.29 is 9.59 Å². The Hall–Kier alpha value is -2.18. The molecule has 1 aliphatic rings. The van der Waals surface area contributed by atoms with E-state index in [-0.39, 0.29) is 17.7 Å². The van der Waals surface area contributed by atoms with E-state index in [2.05, 4.69) is 5.32 Å². The van der Waals surface area contributed by atoms with E-state index in [1.165, 1.54) is 11.8 Å². The van der Waals surface area contributed by atoms with Gasteiger partial charge in [0.05, 0.1) is 11.7 Å². The summed E-state index contributed by atoms with van der Waals surface area (Å²) < 4.78 is 0.585. The van der Waals surface area contributed by atoms with Crippen LogP contribution in [0.5, 0.6) is 0 Å². The minimum absolute atomic E-state index is 0.00641. The van der Waals surface area contributed by atoms with Crippen molar-refractivity contribution >= 4 is 40.1 Å². The molecule has 1 fully saturated rings. The molecule has 0 radical (unpaired) electrons. The minimum Gasteiger partial charge on any atom is -0.353 e. The highest BCUT2D eigenvalue weighted by atomic mass is 32.2. The van der Waals surface area contributed by atoms with Gasteiger partial charge in [-0.25, -0.2) is 0 Å². The van der Waals surface area contributed by atoms with Crippen LogP contribution >= 0.6 is 24.0 Å². The zero-order chi connectivity index (χ0) is 17.6. The highest BCUT2D eigenvalue weighted by Crippen LogP contribution is 2.24. The van der Waals surface area contributed by atoms with Gasteiger partial charge in [-0.3, -0.25) is 14.5 Å². The van der Waals surface area contributed by atoms with Crippen molar-refractivity contribution in [3.05, 3.63) is 71.8 Å². The van der Waals surface area contributed by atoms with Crippen LogP contribution in [0.3, 0.4) is 0 Å². The molecule has 1 saturated heterocycles. The summed E-state index contributed by atoms with van der Waals surface area (Å²) >= 11 is 6.52. The molecular formula is C19H18N2O2S2. The third kappa shape index (κ3) is 4.27. The fraction of sp³-hybridized carbons (Fsp3) is 0.211. The fourth-order valence-corrected chi connectivity index (χ4v) is 3.90. The Balaban J connectivity index is 1.70. The van der Waals surface area contributed by atoms with Crippen LogP contribution in [0.1, 0.15) is 17.0 Å². The van der Waals surface area contributed by atoms with Gasteiger partial charge in [-0.15, -0.1) is 0 Å². The second-order valence-corrected chi connectivity index (χ2v) is 7.25. The van der Waals surface area contributed by atoms with Gasteiger partial charge in [0.15, 0.2) is 0 Å². The lowest BCUT2D eigenvalue weighted by Crippen LogP contribution is -2.39. The van der Waals surface area contributed by atoms with Crippen molar-refractivity contribution in [2.45, 2.75) is 5.92 Å². The Labute approximate surface area is 156 Å². The number of nitrogens with zero attached hydrogens (tertiary/aromatic N) is 1. The van der Waals surface area contributed by atoms with E-state index in [4.69, 9.17) is 12.2 Å². The number of nitrogens with one attached hydrogen (secondary N) is 1. The first kappa shape index (κ1) is 17.6. The minimum atomic E-state index is -0.377. The molecule has 0 atom stereocenters. The van der Waals surface area contributed by atoms with Crippen molar-refractivity contribution in [1.82, 2.24) is 10.2 Å². The standard InChI is InChI=1S/C19H18N2O2S2/c22-16-13-25-19(24)21(16)12-11-20-18(23)17(14-7-3-1-4-8-14)15-9-5-2-6-10-15/h1-10,17H,11-13H2,(H,20,23). The summed E-state index contributed by atoms with van der Waals surface area (Å²) in [5.74, 6) is -0.0591. The third-order valence-corrected chi connectivity index (χ3v) is 5.44. The summed E-state index contributed by atoms with van der Waals surface area (Å²) in [6.45, 7) is 0.786. The summed E-state index contributed by atoms with van der Waals surface area (Å²) in [5.41, 5.74) is 1.88. The van der Waals surface area contributed by atoms with E-state index in [9.17, 15) is 9.59 Å². The van der Waals surface area contributed by atoms with Gasteiger partial charge in [-0.2, -0.15) is 0 Å². The average Bonchev–Trinajstić information content (AvgIpc) is 2.96. The molecule has 1 aliphatic heterocycles. The van der Waals surface area contributed by atoms with Crippen LogP contribution in [0.4, 0.5) is 0 Å². The summed E-state index contributed by atoms with van der Waals surface area (Å²) in [5, 5.41) is 2.95. The number of carbonyl (C=O) groups excluding carboxylic acids is 2. The molecule has 2 amide bonds. The third-order valence-electron chi connectivity index (χ3n) is 4.00. The predicted octanol–water partition coefficient (Wildman–Crippen LogP) is 2.80. The molecule has 4 nitrogen and oxygen atoms in total. The summed E-state index contributed by atoms with van der Waals surface area (Å²) in [6, 6.07) is 19.4. The number of amides is 2. The molecule has 0 aliphatic carbocycles. The van der Waals surface area contributed by atoms with E-state index < -0.39 is 0 Å². The van der Waals surface area contributed by atoms with Crippen LogP contribution in [0.15, 0.2) is 60.7 Å². The maximum absolute atomic E-state index is 12.8. The normalized spacial score (nSPS) is 14.2. The molecule has 0 bridgehead atoms. The van der Waals surface area contributed by atoms with Gasteiger partial charge in [0.25, 0.3) is 0 Å². The van der Waals surface area contributed by atoms with E-state index in [1.54, 1.807) is 4.90 Å². The van der Waals surface area contributed by atoms with E-state index in [0.717, 1.165) is 11.1 Å². The summed E-state index contributed by atoms with van der Waals surface area (Å²) in [4.78, 5) is 26.1. The van der Waals surface area contributed by atoms with Gasteiger partial charge >= 0.3 is 0 Å². The molecule has 3 rings (SSSR count). The molecule has 25 heavy (non-hydrogen) atoms. The maximum Gasteiger partial charge on any atom is 0.238 e. The quantitative estimate of drug-likeness (QED) is 0.795. The lowest BCUT2D eigenvalue weighted by atomic mass is 9.90. The second-order valence-electron chi connectivity index (χ2n) is 5.65. The zero-order valence-corrected chi connectivity index (χ0v) is 15.2. The van der Waals surface area contributed by atoms with Crippen LogP contribution in [0, 0.1) is 0 Å². The van der Waals surface area contributed by atoms with E-state index in [1.807, 2.05) is 60.7 Å². The number of thiocarbonyl (C=S) groups is 1. The Bertz CT molecular complexity index is 710. The van der Waals surface area contributed by atoms with Gasteiger partial charge in [-0.1, -0.05) is 84.6 Å². The second kappa shape index (κ2) is 8.27. The Kier molecular flexibility index (Phi) is 5.83. The zero-order valence-electron chi connectivity index (χ0n) is 13.6. The van der Waals surface area contributed by atoms with E-state index in [0.29, 0.717) is 23.2 Å².